The van der Waals surface area contributed by atoms with Gasteiger partial charge in [-0.2, -0.15) is 0 Å². The number of rotatable bonds is 7. The quantitative estimate of drug-likeness (QED) is 0.197. The Balaban J connectivity index is 2.04. The van der Waals surface area contributed by atoms with Crippen LogP contribution in [-0.4, -0.2) is 38.7 Å². The van der Waals surface area contributed by atoms with E-state index in [0.29, 0.717) is 11.6 Å². The normalized spacial score (nSPS) is 13.5. The van der Waals surface area contributed by atoms with Crippen LogP contribution in [0.5, 0.6) is 0 Å². The molecule has 1 aromatic heterocycles. The Labute approximate surface area is 301 Å². The molecular formula is C43H59BFN3O2. The zero-order chi connectivity index (χ0) is 37.8. The van der Waals surface area contributed by atoms with Crippen molar-refractivity contribution >= 4 is 12.9 Å². The molecule has 0 fully saturated rings. The molecule has 0 atom stereocenters. The Hall–Kier alpha value is -3.42. The first-order valence-corrected chi connectivity index (χ1v) is 17.8. The monoisotopic (exact) mass is 679 g/mol. The van der Waals surface area contributed by atoms with Gasteiger partial charge in [-0.1, -0.05) is 113 Å². The van der Waals surface area contributed by atoms with Gasteiger partial charge in [0.2, 0.25) is 0 Å². The number of aliphatic hydroxyl groups is 1. The Morgan fingerprint density at radius 1 is 0.520 bits per heavy atom. The molecule has 268 valence electrons. The molecule has 0 radical (unpaired) electrons. The Morgan fingerprint density at radius 2 is 0.880 bits per heavy atom. The summed E-state index contributed by atoms with van der Waals surface area (Å²) < 4.78 is 22.0. The average molecular weight is 680 g/mol. The van der Waals surface area contributed by atoms with Crippen molar-refractivity contribution < 1.29 is 14.2 Å². The highest BCUT2D eigenvalue weighted by Gasteiger charge is 2.36. The minimum atomic E-state index is -1.07. The summed E-state index contributed by atoms with van der Waals surface area (Å²) in [6.07, 6.45) is 0. The smallest absolute Gasteiger partial charge is 0.309 e. The van der Waals surface area contributed by atoms with Gasteiger partial charge in [0.15, 0.2) is 17.5 Å². The van der Waals surface area contributed by atoms with Gasteiger partial charge in [-0.05, 0) is 102 Å². The van der Waals surface area contributed by atoms with E-state index in [9.17, 15) is 5.11 Å². The number of hydrogen-bond acceptors (Lipinski definition) is 5. The molecule has 0 amide bonds. The van der Waals surface area contributed by atoms with Crippen LogP contribution in [-0.2, 0) is 26.3 Å². The van der Waals surface area contributed by atoms with Gasteiger partial charge in [0, 0.05) is 11.1 Å². The fourth-order valence-electron chi connectivity index (χ4n) is 5.27. The van der Waals surface area contributed by atoms with Crippen LogP contribution >= 0.6 is 0 Å². The molecule has 0 aliphatic heterocycles. The first kappa shape index (κ1) is 39.4. The molecule has 5 nitrogen and oxygen atoms in total. The first-order chi connectivity index (χ1) is 22.6. The van der Waals surface area contributed by atoms with Crippen molar-refractivity contribution in [3.8, 4) is 34.2 Å². The van der Waals surface area contributed by atoms with Gasteiger partial charge in [-0.15, -0.1) is 0 Å². The van der Waals surface area contributed by atoms with Gasteiger partial charge >= 0.3 is 7.48 Å². The molecule has 4 rings (SSSR count). The van der Waals surface area contributed by atoms with Crippen molar-refractivity contribution in [2.24, 2.45) is 0 Å². The minimum Gasteiger partial charge on any atom is -0.427 e. The lowest BCUT2D eigenvalue weighted by atomic mass is 9.79. The Morgan fingerprint density at radius 3 is 1.22 bits per heavy atom. The van der Waals surface area contributed by atoms with Gasteiger partial charge in [-0.25, -0.2) is 19.3 Å². The van der Waals surface area contributed by atoms with Gasteiger partial charge in [0.25, 0.3) is 0 Å². The molecule has 0 bridgehead atoms. The molecule has 0 saturated carbocycles. The van der Waals surface area contributed by atoms with E-state index in [0.717, 1.165) is 16.6 Å². The molecular weight excluding hydrogens is 620 g/mol. The summed E-state index contributed by atoms with van der Waals surface area (Å²) in [5.41, 5.74) is 5.06. The highest BCUT2D eigenvalue weighted by Crippen LogP contribution is 2.37. The van der Waals surface area contributed by atoms with Crippen LogP contribution in [0.3, 0.4) is 0 Å². The minimum absolute atomic E-state index is 0.116. The number of nitrogens with zero attached hydrogens (tertiary/aromatic N) is 3. The Bertz CT molecular complexity index is 1710. The number of halogens is 1. The third kappa shape index (κ3) is 9.08. The van der Waals surface area contributed by atoms with Crippen molar-refractivity contribution in [1.29, 1.82) is 0 Å². The van der Waals surface area contributed by atoms with Crippen LogP contribution < -0.4 is 5.46 Å². The molecule has 3 aromatic carbocycles. The van der Waals surface area contributed by atoms with Gasteiger partial charge in [0.1, 0.15) is 5.82 Å². The Kier molecular flexibility index (Phi) is 10.5. The van der Waals surface area contributed by atoms with Crippen molar-refractivity contribution in [1.82, 2.24) is 15.0 Å². The van der Waals surface area contributed by atoms with E-state index in [2.05, 4.69) is 119 Å². The van der Waals surface area contributed by atoms with E-state index >= 15 is 4.39 Å². The fourth-order valence-corrected chi connectivity index (χ4v) is 5.27. The van der Waals surface area contributed by atoms with Crippen molar-refractivity contribution in [2.75, 3.05) is 0 Å². The molecule has 1 N–H and O–H groups in total. The van der Waals surface area contributed by atoms with Crippen LogP contribution in [0.1, 0.15) is 133 Å². The van der Waals surface area contributed by atoms with Crippen LogP contribution in [0.4, 0.5) is 4.39 Å². The first-order valence-electron chi connectivity index (χ1n) is 17.8. The topological polar surface area (TPSA) is 68.1 Å². The van der Waals surface area contributed by atoms with E-state index in [1.165, 1.54) is 28.3 Å². The summed E-state index contributed by atoms with van der Waals surface area (Å²) in [7, 11) is 0.181. The maximum atomic E-state index is 15.9. The second-order valence-electron chi connectivity index (χ2n) is 19.1. The molecule has 1 heterocycles. The predicted octanol–water partition coefficient (Wildman–Crippen LogP) is 9.74. The molecule has 4 aromatic rings. The third-order valence-corrected chi connectivity index (χ3v) is 9.83. The largest absolute Gasteiger partial charge is 0.427 e. The van der Waals surface area contributed by atoms with Crippen molar-refractivity contribution in [3.05, 3.63) is 82.7 Å². The summed E-state index contributed by atoms with van der Waals surface area (Å²) in [4.78, 5) is 15.1. The van der Waals surface area contributed by atoms with E-state index in [1.54, 1.807) is 26.0 Å². The molecule has 7 heteroatoms. The molecule has 0 unspecified atom stereocenters. The average Bonchev–Trinajstić information content (AvgIpc) is 2.97. The maximum Gasteiger partial charge on any atom is 0.309 e. The summed E-state index contributed by atoms with van der Waals surface area (Å²) in [6.45, 7) is 33.6. The highest BCUT2D eigenvalue weighted by molar-refractivity contribution is 6.47. The van der Waals surface area contributed by atoms with E-state index in [4.69, 9.17) is 19.6 Å². The van der Waals surface area contributed by atoms with Crippen molar-refractivity contribution in [2.45, 2.75) is 144 Å². The van der Waals surface area contributed by atoms with Crippen molar-refractivity contribution in [3.63, 3.8) is 0 Å². The standard InChI is InChI=1S/C43H59BFN3O2/c1-38(2,3)28-19-26(20-29(23-28)39(4,5)6)35-46-36(27-21-30(40(7,8)9)24-31(22-27)41(10,11)12)48-37(47-35)33-25-32(17-18-34(33)45)44-50-43(15,16)42(13,14)49/h17-25,44,49H,1-16H3. The van der Waals surface area contributed by atoms with Crippen LogP contribution in [0.15, 0.2) is 54.6 Å². The van der Waals surface area contributed by atoms with E-state index in [-0.39, 0.29) is 40.5 Å². The van der Waals surface area contributed by atoms with Gasteiger partial charge < -0.3 is 9.76 Å². The summed E-state index contributed by atoms with van der Waals surface area (Å²) in [5.74, 6) is 0.799. The zero-order valence-electron chi connectivity index (χ0n) is 33.5. The molecule has 0 saturated heterocycles. The predicted molar refractivity (Wildman–Crippen MR) is 209 cm³/mol. The number of aromatic nitrogens is 3. The summed E-state index contributed by atoms with van der Waals surface area (Å²) in [6, 6.07) is 18.1. The van der Waals surface area contributed by atoms with Crippen LogP contribution in [0.2, 0.25) is 0 Å². The molecule has 0 aliphatic carbocycles. The van der Waals surface area contributed by atoms with E-state index in [1.807, 2.05) is 13.8 Å². The highest BCUT2D eigenvalue weighted by atomic mass is 19.1. The van der Waals surface area contributed by atoms with Gasteiger partial charge in [-0.3, -0.25) is 0 Å². The lowest BCUT2D eigenvalue weighted by Gasteiger charge is -2.37. The lowest BCUT2D eigenvalue weighted by Crippen LogP contribution is -2.49. The molecule has 50 heavy (non-hydrogen) atoms. The molecule has 0 aliphatic rings. The van der Waals surface area contributed by atoms with E-state index < -0.39 is 17.0 Å². The maximum absolute atomic E-state index is 15.9. The summed E-state index contributed by atoms with van der Waals surface area (Å²) in [5, 5.41) is 10.6. The summed E-state index contributed by atoms with van der Waals surface area (Å²) >= 11 is 0. The fraction of sp³-hybridized carbons (Fsp3) is 0.512. The molecule has 0 spiro atoms. The number of hydrogen-bond donors (Lipinski definition) is 1. The SMILES string of the molecule is CC(C)(C)c1cc(-c2nc(-c3cc(C(C)(C)C)cc(C(C)(C)C)c3)nc(-c3cc(BOC(C)(C)C(C)(C)O)ccc3F)n2)cc(C(C)(C)C)c1. The second kappa shape index (κ2) is 13.3. The second-order valence-corrected chi connectivity index (χ2v) is 19.1. The number of benzene rings is 3. The van der Waals surface area contributed by atoms with Crippen LogP contribution in [0.25, 0.3) is 34.2 Å². The van der Waals surface area contributed by atoms with Gasteiger partial charge in [0.05, 0.1) is 16.8 Å². The van der Waals surface area contributed by atoms with Crippen LogP contribution in [0, 0.1) is 5.82 Å². The lowest BCUT2D eigenvalue weighted by molar-refractivity contribution is -0.0893. The zero-order valence-corrected chi connectivity index (χ0v) is 33.5. The third-order valence-electron chi connectivity index (χ3n) is 9.83.